The highest BCUT2D eigenvalue weighted by Gasteiger charge is 2.15. The van der Waals surface area contributed by atoms with Gasteiger partial charge in [0.1, 0.15) is 17.5 Å². The average molecular weight is 553 g/mol. The molecule has 208 valence electrons. The lowest BCUT2D eigenvalue weighted by Crippen LogP contribution is -2.09. The van der Waals surface area contributed by atoms with Crippen LogP contribution >= 0.6 is 0 Å². The summed E-state index contributed by atoms with van der Waals surface area (Å²) >= 11 is 0. The number of nitriles is 1. The molecular formula is C33H30F2N4O2. The Morgan fingerprint density at radius 2 is 1.73 bits per heavy atom. The molecule has 0 saturated carbocycles. The van der Waals surface area contributed by atoms with Crippen LogP contribution in [0.15, 0.2) is 72.8 Å². The summed E-state index contributed by atoms with van der Waals surface area (Å²) < 4.78 is 37.1. The van der Waals surface area contributed by atoms with E-state index in [0.29, 0.717) is 61.2 Å². The minimum atomic E-state index is -0.404. The maximum Gasteiger partial charge on any atom is 0.127 e. The van der Waals surface area contributed by atoms with Crippen LogP contribution in [0.2, 0.25) is 0 Å². The predicted octanol–water partition coefficient (Wildman–Crippen LogP) is 5.81. The number of rotatable bonds is 11. The van der Waals surface area contributed by atoms with Crippen molar-refractivity contribution in [2.45, 2.75) is 32.2 Å². The highest BCUT2D eigenvalue weighted by Crippen LogP contribution is 2.25. The van der Waals surface area contributed by atoms with E-state index in [9.17, 15) is 9.50 Å². The summed E-state index contributed by atoms with van der Waals surface area (Å²) in [6, 6.07) is 23.0. The highest BCUT2D eigenvalue weighted by atomic mass is 19.1. The number of hydrogen-bond donors (Lipinski definition) is 1. The molecule has 41 heavy (non-hydrogen) atoms. The topological polar surface area (TPSA) is 84.0 Å². The van der Waals surface area contributed by atoms with E-state index in [1.807, 2.05) is 48.5 Å². The third-order valence-corrected chi connectivity index (χ3v) is 7.15. The van der Waals surface area contributed by atoms with E-state index in [1.165, 1.54) is 12.1 Å². The van der Waals surface area contributed by atoms with Crippen molar-refractivity contribution < 1.29 is 18.6 Å². The van der Waals surface area contributed by atoms with Crippen molar-refractivity contribution in [2.75, 3.05) is 20.3 Å². The van der Waals surface area contributed by atoms with Gasteiger partial charge < -0.3 is 14.4 Å². The molecule has 5 aromatic rings. The fourth-order valence-electron chi connectivity index (χ4n) is 4.95. The molecule has 6 nitrogen and oxygen atoms in total. The van der Waals surface area contributed by atoms with Crippen molar-refractivity contribution in [3.8, 4) is 17.3 Å². The Morgan fingerprint density at radius 1 is 0.902 bits per heavy atom. The number of ether oxygens (including phenoxy) is 1. The molecule has 2 aromatic heterocycles. The summed E-state index contributed by atoms with van der Waals surface area (Å²) in [7, 11) is 1.64. The molecule has 0 bridgehead atoms. The van der Waals surface area contributed by atoms with Crippen LogP contribution in [0.4, 0.5) is 8.78 Å². The zero-order valence-corrected chi connectivity index (χ0v) is 22.8. The number of hydrogen-bond acceptors (Lipinski definition) is 5. The van der Waals surface area contributed by atoms with Crippen molar-refractivity contribution in [3.05, 3.63) is 118 Å². The molecule has 1 N–H and O–H groups in total. The molecule has 0 radical (unpaired) electrons. The Balaban J connectivity index is 1.35. The first-order valence-electron chi connectivity index (χ1n) is 13.5. The van der Waals surface area contributed by atoms with Gasteiger partial charge in [-0.05, 0) is 78.4 Å². The lowest BCUT2D eigenvalue weighted by Gasteiger charge is -2.11. The van der Waals surface area contributed by atoms with Crippen LogP contribution in [0.25, 0.3) is 22.3 Å². The number of benzene rings is 3. The second-order valence-corrected chi connectivity index (χ2v) is 9.88. The van der Waals surface area contributed by atoms with E-state index in [1.54, 1.807) is 25.3 Å². The first-order valence-corrected chi connectivity index (χ1v) is 13.5. The van der Waals surface area contributed by atoms with Gasteiger partial charge in [-0.1, -0.05) is 30.3 Å². The Morgan fingerprint density at radius 3 is 2.49 bits per heavy atom. The van der Waals surface area contributed by atoms with Gasteiger partial charge in [0.05, 0.1) is 35.0 Å². The number of methoxy groups -OCH3 is 1. The van der Waals surface area contributed by atoms with E-state index in [0.717, 1.165) is 28.1 Å². The van der Waals surface area contributed by atoms with Gasteiger partial charge in [-0.3, -0.25) is 4.98 Å². The number of imidazole rings is 1. The summed E-state index contributed by atoms with van der Waals surface area (Å²) in [5.41, 5.74) is 6.14. The molecule has 0 spiro atoms. The lowest BCUT2D eigenvalue weighted by atomic mass is 10.0. The number of aryl methyl sites for hydroxylation is 2. The second-order valence-electron chi connectivity index (χ2n) is 9.88. The molecule has 2 heterocycles. The van der Waals surface area contributed by atoms with Gasteiger partial charge in [0.25, 0.3) is 0 Å². The molecule has 5 rings (SSSR count). The van der Waals surface area contributed by atoms with Crippen molar-refractivity contribution in [1.82, 2.24) is 14.5 Å². The molecule has 0 aliphatic carbocycles. The molecule has 0 fully saturated rings. The van der Waals surface area contributed by atoms with Crippen LogP contribution < -0.4 is 0 Å². The zero-order valence-electron chi connectivity index (χ0n) is 22.8. The van der Waals surface area contributed by atoms with Crippen molar-refractivity contribution >= 4 is 11.0 Å². The predicted molar refractivity (Wildman–Crippen MR) is 153 cm³/mol. The quantitative estimate of drug-likeness (QED) is 0.224. The number of fused-ring (bicyclic) bond motifs is 1. The van der Waals surface area contributed by atoms with E-state index < -0.39 is 5.82 Å². The van der Waals surface area contributed by atoms with Crippen molar-refractivity contribution in [1.29, 1.82) is 5.26 Å². The van der Waals surface area contributed by atoms with Gasteiger partial charge >= 0.3 is 0 Å². The van der Waals surface area contributed by atoms with Crippen LogP contribution in [0.1, 0.15) is 33.8 Å². The molecule has 0 atom stereocenters. The smallest absolute Gasteiger partial charge is 0.127 e. The number of aliphatic hydroxyl groups excluding tert-OH is 1. The van der Waals surface area contributed by atoms with Gasteiger partial charge in [0.15, 0.2) is 0 Å². The highest BCUT2D eigenvalue weighted by molar-refractivity contribution is 5.77. The molecule has 8 heteroatoms. The zero-order chi connectivity index (χ0) is 28.8. The first-order chi connectivity index (χ1) is 20.0. The van der Waals surface area contributed by atoms with Crippen LogP contribution in [0, 0.1) is 23.0 Å². The van der Waals surface area contributed by atoms with Gasteiger partial charge in [0.2, 0.25) is 0 Å². The Labute approximate surface area is 237 Å². The van der Waals surface area contributed by atoms with Crippen LogP contribution in [-0.4, -0.2) is 40.0 Å². The number of pyridine rings is 1. The monoisotopic (exact) mass is 552 g/mol. The summed E-state index contributed by atoms with van der Waals surface area (Å²) in [5, 5.41) is 18.3. The summed E-state index contributed by atoms with van der Waals surface area (Å²) in [6.45, 7) is 1.13. The second kappa shape index (κ2) is 12.8. The molecule has 0 aliphatic heterocycles. The van der Waals surface area contributed by atoms with Crippen LogP contribution in [0.5, 0.6) is 0 Å². The lowest BCUT2D eigenvalue weighted by molar-refractivity contribution is 0.187. The molecule has 3 aromatic carbocycles. The fraction of sp³-hybridized carbons (Fsp3) is 0.242. The standard InChI is InChI=1S/C33H30F2N4O2/c1-41-16-14-39-32-18-22(13-15-40)6-12-31(32)38-33(39)20-25-8-9-26(19-29(25)35)30-4-2-3-27(37-30)11-10-24-7-5-23(21-36)17-28(24)34/h2-9,12,17-19,40H,10-11,13-16,20H2,1H3. The Bertz CT molecular complexity index is 1720. The summed E-state index contributed by atoms with van der Waals surface area (Å²) in [5.74, 6) is -0.0140. The molecular weight excluding hydrogens is 522 g/mol. The third kappa shape index (κ3) is 6.49. The maximum absolute atomic E-state index is 15.4. The van der Waals surface area contributed by atoms with E-state index in [-0.39, 0.29) is 18.0 Å². The molecule has 0 amide bonds. The van der Waals surface area contributed by atoms with E-state index in [4.69, 9.17) is 15.0 Å². The van der Waals surface area contributed by atoms with Gasteiger partial charge in [-0.25, -0.2) is 13.8 Å². The molecule has 0 aliphatic rings. The van der Waals surface area contributed by atoms with E-state index >= 15 is 4.39 Å². The summed E-state index contributed by atoms with van der Waals surface area (Å²) in [6.07, 6.45) is 1.81. The third-order valence-electron chi connectivity index (χ3n) is 7.15. The van der Waals surface area contributed by atoms with Crippen molar-refractivity contribution in [2.24, 2.45) is 0 Å². The minimum absolute atomic E-state index is 0.0651. The summed E-state index contributed by atoms with van der Waals surface area (Å²) in [4.78, 5) is 9.47. The molecule has 0 unspecified atom stereocenters. The Hall–Kier alpha value is -4.45. The number of halogens is 2. The van der Waals surface area contributed by atoms with Gasteiger partial charge in [-0.15, -0.1) is 0 Å². The van der Waals surface area contributed by atoms with Crippen molar-refractivity contribution in [3.63, 3.8) is 0 Å². The molecule has 0 saturated heterocycles. The average Bonchev–Trinajstić information content (AvgIpc) is 3.32. The normalized spacial score (nSPS) is 11.2. The number of aromatic nitrogens is 3. The van der Waals surface area contributed by atoms with Crippen LogP contribution in [-0.2, 0) is 37.0 Å². The van der Waals surface area contributed by atoms with E-state index in [2.05, 4.69) is 9.55 Å². The Kier molecular flexibility index (Phi) is 8.78. The first kappa shape index (κ1) is 28.1. The van der Waals surface area contributed by atoms with Crippen LogP contribution in [0.3, 0.4) is 0 Å². The number of aliphatic hydroxyl groups is 1. The van der Waals surface area contributed by atoms with Gasteiger partial charge in [-0.2, -0.15) is 5.26 Å². The largest absolute Gasteiger partial charge is 0.396 e. The van der Waals surface area contributed by atoms with Gasteiger partial charge in [0, 0.05) is 37.9 Å². The maximum atomic E-state index is 15.4. The number of nitrogens with zero attached hydrogens (tertiary/aromatic N) is 4. The SMILES string of the molecule is COCCn1c(Cc2ccc(-c3cccc(CCc4ccc(C#N)cc4F)n3)cc2F)nc2ccc(CCO)cc21. The minimum Gasteiger partial charge on any atom is -0.396 e. The fourth-order valence-corrected chi connectivity index (χ4v) is 4.95.